The summed E-state index contributed by atoms with van der Waals surface area (Å²) in [6, 6.07) is 8.35. The number of halogens is 1. The summed E-state index contributed by atoms with van der Waals surface area (Å²) in [5.74, 6) is 0.606. The molecular formula is C14H16FN3. The minimum atomic E-state index is -0.240. The Morgan fingerprint density at radius 3 is 2.50 bits per heavy atom. The lowest BCUT2D eigenvalue weighted by atomic mass is 10.2. The van der Waals surface area contributed by atoms with Gasteiger partial charge in [0.15, 0.2) is 0 Å². The molecule has 1 aromatic heterocycles. The fourth-order valence-electron chi connectivity index (χ4n) is 1.88. The van der Waals surface area contributed by atoms with E-state index in [1.54, 1.807) is 18.3 Å². The molecule has 3 nitrogen and oxygen atoms in total. The first-order valence-corrected chi connectivity index (χ1v) is 5.76. The van der Waals surface area contributed by atoms with Gasteiger partial charge in [0, 0.05) is 25.5 Å². The molecule has 0 radical (unpaired) electrons. The van der Waals surface area contributed by atoms with Gasteiger partial charge in [-0.2, -0.15) is 0 Å². The summed E-state index contributed by atoms with van der Waals surface area (Å²) in [5, 5.41) is 0. The Balaban J connectivity index is 2.33. The van der Waals surface area contributed by atoms with Crippen molar-refractivity contribution in [1.82, 2.24) is 4.98 Å². The van der Waals surface area contributed by atoms with E-state index in [2.05, 4.69) is 4.98 Å². The van der Waals surface area contributed by atoms with Crippen molar-refractivity contribution in [2.24, 2.45) is 5.73 Å². The molecule has 4 heteroatoms. The zero-order chi connectivity index (χ0) is 13.1. The third-order valence-corrected chi connectivity index (χ3v) is 2.87. The van der Waals surface area contributed by atoms with Crippen molar-refractivity contribution in [3.8, 4) is 0 Å². The van der Waals surface area contributed by atoms with E-state index in [9.17, 15) is 4.39 Å². The highest BCUT2D eigenvalue weighted by Gasteiger charge is 2.09. The molecule has 0 bridgehead atoms. The molecule has 0 unspecified atom stereocenters. The molecule has 0 aliphatic carbocycles. The molecule has 2 aromatic rings. The van der Waals surface area contributed by atoms with E-state index in [1.165, 1.54) is 12.1 Å². The van der Waals surface area contributed by atoms with E-state index in [0.717, 1.165) is 22.6 Å². The maximum atomic E-state index is 12.9. The van der Waals surface area contributed by atoms with Gasteiger partial charge in [-0.05, 0) is 48.4 Å². The van der Waals surface area contributed by atoms with Crippen LogP contribution >= 0.6 is 0 Å². The first-order chi connectivity index (χ1) is 8.61. The molecule has 0 aliphatic rings. The number of hydrogen-bond acceptors (Lipinski definition) is 3. The summed E-state index contributed by atoms with van der Waals surface area (Å²) in [6.07, 6.45) is 1.77. The van der Waals surface area contributed by atoms with Gasteiger partial charge >= 0.3 is 0 Å². The van der Waals surface area contributed by atoms with Crippen LogP contribution in [0, 0.1) is 12.7 Å². The Kier molecular flexibility index (Phi) is 3.58. The van der Waals surface area contributed by atoms with Crippen molar-refractivity contribution in [2.45, 2.75) is 13.5 Å². The fraction of sp³-hybridized carbons (Fsp3) is 0.214. The van der Waals surface area contributed by atoms with Gasteiger partial charge in [-0.3, -0.25) is 0 Å². The topological polar surface area (TPSA) is 42.1 Å². The zero-order valence-electron chi connectivity index (χ0n) is 10.5. The molecule has 0 saturated carbocycles. The SMILES string of the molecule is Cc1cc(CN)cnc1N(C)c1ccc(F)cc1. The van der Waals surface area contributed by atoms with Gasteiger partial charge in [-0.15, -0.1) is 0 Å². The molecule has 1 heterocycles. The Morgan fingerprint density at radius 1 is 1.28 bits per heavy atom. The second kappa shape index (κ2) is 5.14. The number of hydrogen-bond donors (Lipinski definition) is 1. The lowest BCUT2D eigenvalue weighted by Gasteiger charge is -2.20. The zero-order valence-corrected chi connectivity index (χ0v) is 10.5. The van der Waals surface area contributed by atoms with E-state index in [0.29, 0.717) is 6.54 Å². The van der Waals surface area contributed by atoms with Crippen molar-refractivity contribution in [3.63, 3.8) is 0 Å². The van der Waals surface area contributed by atoms with Crippen LogP contribution < -0.4 is 10.6 Å². The Bertz CT molecular complexity index is 537. The quantitative estimate of drug-likeness (QED) is 0.904. The number of aromatic nitrogens is 1. The molecule has 2 N–H and O–H groups in total. The molecule has 2 rings (SSSR count). The van der Waals surface area contributed by atoms with Crippen molar-refractivity contribution >= 4 is 11.5 Å². The van der Waals surface area contributed by atoms with E-state index < -0.39 is 0 Å². The number of rotatable bonds is 3. The maximum absolute atomic E-state index is 12.9. The molecule has 0 saturated heterocycles. The van der Waals surface area contributed by atoms with Gasteiger partial charge in [-0.1, -0.05) is 0 Å². The molecule has 18 heavy (non-hydrogen) atoms. The number of pyridine rings is 1. The van der Waals surface area contributed by atoms with Crippen LogP contribution in [0.5, 0.6) is 0 Å². The smallest absolute Gasteiger partial charge is 0.135 e. The number of nitrogens with zero attached hydrogens (tertiary/aromatic N) is 2. The van der Waals surface area contributed by atoms with Crippen LogP contribution in [0.15, 0.2) is 36.5 Å². The van der Waals surface area contributed by atoms with E-state index >= 15 is 0 Å². The van der Waals surface area contributed by atoms with Crippen LogP contribution in [0.25, 0.3) is 0 Å². The van der Waals surface area contributed by atoms with E-state index in [-0.39, 0.29) is 5.82 Å². The van der Waals surface area contributed by atoms with Crippen LogP contribution in [0.1, 0.15) is 11.1 Å². The largest absolute Gasteiger partial charge is 0.329 e. The second-order valence-corrected chi connectivity index (χ2v) is 4.22. The monoisotopic (exact) mass is 245 g/mol. The van der Waals surface area contributed by atoms with E-state index in [4.69, 9.17) is 5.73 Å². The third kappa shape index (κ3) is 2.49. The van der Waals surface area contributed by atoms with Crippen molar-refractivity contribution in [3.05, 3.63) is 53.5 Å². The maximum Gasteiger partial charge on any atom is 0.135 e. The van der Waals surface area contributed by atoms with Crippen molar-refractivity contribution < 1.29 is 4.39 Å². The summed E-state index contributed by atoms with van der Waals surface area (Å²) in [4.78, 5) is 6.33. The molecule has 0 aliphatic heterocycles. The Morgan fingerprint density at radius 2 is 1.94 bits per heavy atom. The summed E-state index contributed by atoms with van der Waals surface area (Å²) in [5.41, 5.74) is 8.52. The molecule has 0 amide bonds. The van der Waals surface area contributed by atoms with Crippen molar-refractivity contribution in [2.75, 3.05) is 11.9 Å². The summed E-state index contributed by atoms with van der Waals surface area (Å²) in [7, 11) is 1.91. The van der Waals surface area contributed by atoms with Gasteiger partial charge in [0.05, 0.1) is 0 Å². The first-order valence-electron chi connectivity index (χ1n) is 5.76. The Hall–Kier alpha value is -1.94. The fourth-order valence-corrected chi connectivity index (χ4v) is 1.88. The van der Waals surface area contributed by atoms with Crippen LogP contribution in [0.4, 0.5) is 15.9 Å². The first kappa shape index (κ1) is 12.5. The molecule has 0 fully saturated rings. The average molecular weight is 245 g/mol. The molecule has 0 atom stereocenters. The lowest BCUT2D eigenvalue weighted by molar-refractivity contribution is 0.628. The number of anilines is 2. The molecule has 94 valence electrons. The van der Waals surface area contributed by atoms with Crippen molar-refractivity contribution in [1.29, 1.82) is 0 Å². The van der Waals surface area contributed by atoms with Gasteiger partial charge in [0.1, 0.15) is 11.6 Å². The average Bonchev–Trinajstić information content (AvgIpc) is 2.38. The highest BCUT2D eigenvalue weighted by Crippen LogP contribution is 2.25. The normalized spacial score (nSPS) is 10.4. The van der Waals surface area contributed by atoms with E-state index in [1.807, 2.05) is 24.9 Å². The predicted octanol–water partition coefficient (Wildman–Crippen LogP) is 2.76. The van der Waals surface area contributed by atoms with Gasteiger partial charge in [-0.25, -0.2) is 9.37 Å². The molecular weight excluding hydrogens is 229 g/mol. The number of nitrogens with two attached hydrogens (primary N) is 1. The highest BCUT2D eigenvalue weighted by molar-refractivity contribution is 5.61. The highest BCUT2D eigenvalue weighted by atomic mass is 19.1. The van der Waals surface area contributed by atoms with Crippen LogP contribution in [-0.4, -0.2) is 12.0 Å². The van der Waals surface area contributed by atoms with Crippen LogP contribution in [-0.2, 0) is 6.54 Å². The third-order valence-electron chi connectivity index (χ3n) is 2.87. The summed E-state index contributed by atoms with van der Waals surface area (Å²) in [6.45, 7) is 2.47. The van der Waals surface area contributed by atoms with Gasteiger partial charge < -0.3 is 10.6 Å². The molecule has 1 aromatic carbocycles. The predicted molar refractivity (Wildman–Crippen MR) is 71.3 cm³/mol. The minimum absolute atomic E-state index is 0.240. The standard InChI is InChI=1S/C14H16FN3/c1-10-7-11(8-16)9-17-14(10)18(2)13-5-3-12(15)4-6-13/h3-7,9H,8,16H2,1-2H3. The number of aryl methyl sites for hydroxylation is 1. The summed E-state index contributed by atoms with van der Waals surface area (Å²) < 4.78 is 12.9. The molecule has 0 spiro atoms. The minimum Gasteiger partial charge on any atom is -0.329 e. The van der Waals surface area contributed by atoms with Gasteiger partial charge in [0.25, 0.3) is 0 Å². The lowest BCUT2D eigenvalue weighted by Crippen LogP contribution is -2.13. The van der Waals surface area contributed by atoms with Crippen LogP contribution in [0.3, 0.4) is 0 Å². The Labute approximate surface area is 106 Å². The summed E-state index contributed by atoms with van der Waals surface area (Å²) >= 11 is 0. The van der Waals surface area contributed by atoms with Gasteiger partial charge in [0.2, 0.25) is 0 Å². The number of benzene rings is 1. The second-order valence-electron chi connectivity index (χ2n) is 4.22. The van der Waals surface area contributed by atoms with Crippen LogP contribution in [0.2, 0.25) is 0 Å².